The third-order valence-corrected chi connectivity index (χ3v) is 5.51. The summed E-state index contributed by atoms with van der Waals surface area (Å²) in [6.45, 7) is 5.34. The Balaban J connectivity index is 1.53. The predicted octanol–water partition coefficient (Wildman–Crippen LogP) is 4.30. The lowest BCUT2D eigenvalue weighted by Crippen LogP contribution is -2.44. The van der Waals surface area contributed by atoms with Gasteiger partial charge in [-0.1, -0.05) is 41.9 Å². The number of aryl methyl sites for hydroxylation is 1. The molecular formula is C22H26N4O2. The van der Waals surface area contributed by atoms with E-state index in [-0.39, 0.29) is 5.91 Å². The van der Waals surface area contributed by atoms with Crippen molar-refractivity contribution in [3.05, 3.63) is 48.2 Å². The molecule has 0 unspecified atom stereocenters. The minimum atomic E-state index is 0.155. The van der Waals surface area contributed by atoms with Crippen molar-refractivity contribution in [2.24, 2.45) is 0 Å². The molecule has 146 valence electrons. The van der Waals surface area contributed by atoms with Crippen LogP contribution >= 0.6 is 0 Å². The maximum absolute atomic E-state index is 12.9. The molecule has 6 heteroatoms. The van der Waals surface area contributed by atoms with Crippen LogP contribution in [0.2, 0.25) is 0 Å². The van der Waals surface area contributed by atoms with Gasteiger partial charge in [0.15, 0.2) is 0 Å². The van der Waals surface area contributed by atoms with Crippen LogP contribution in [0.15, 0.2) is 47.1 Å². The first-order valence-electron chi connectivity index (χ1n) is 10.0. The second kappa shape index (κ2) is 8.00. The summed E-state index contributed by atoms with van der Waals surface area (Å²) in [5, 5.41) is 4.11. The maximum Gasteiger partial charge on any atom is 0.274 e. The van der Waals surface area contributed by atoms with Gasteiger partial charge < -0.3 is 14.0 Å². The molecule has 1 saturated heterocycles. The van der Waals surface area contributed by atoms with Crippen molar-refractivity contribution in [2.75, 3.05) is 6.54 Å². The van der Waals surface area contributed by atoms with E-state index in [0.717, 1.165) is 37.1 Å². The Labute approximate surface area is 165 Å². The monoisotopic (exact) mass is 378 g/mol. The van der Waals surface area contributed by atoms with Crippen molar-refractivity contribution in [1.29, 1.82) is 0 Å². The highest BCUT2D eigenvalue weighted by molar-refractivity contribution is 5.77. The molecule has 0 saturated carbocycles. The quantitative estimate of drug-likeness (QED) is 0.664. The van der Waals surface area contributed by atoms with E-state index < -0.39 is 0 Å². The molecule has 0 spiro atoms. The predicted molar refractivity (Wildman–Crippen MR) is 108 cm³/mol. The molecular weight excluding hydrogens is 352 g/mol. The van der Waals surface area contributed by atoms with E-state index in [1.54, 1.807) is 0 Å². The van der Waals surface area contributed by atoms with Gasteiger partial charge >= 0.3 is 0 Å². The van der Waals surface area contributed by atoms with Crippen LogP contribution in [-0.4, -0.2) is 38.1 Å². The van der Waals surface area contributed by atoms with E-state index in [1.165, 1.54) is 12.0 Å². The van der Waals surface area contributed by atoms with Gasteiger partial charge in [-0.25, -0.2) is 0 Å². The van der Waals surface area contributed by atoms with Crippen molar-refractivity contribution in [3.63, 3.8) is 0 Å². The van der Waals surface area contributed by atoms with Gasteiger partial charge in [0.05, 0.1) is 0 Å². The van der Waals surface area contributed by atoms with Crippen LogP contribution in [0, 0.1) is 6.92 Å². The Kier molecular flexibility index (Phi) is 5.28. The Morgan fingerprint density at radius 2 is 2.04 bits per heavy atom. The number of rotatable bonds is 5. The molecule has 0 radical (unpaired) electrons. The summed E-state index contributed by atoms with van der Waals surface area (Å²) >= 11 is 0. The number of benzene rings is 1. The Hall–Kier alpha value is -2.89. The zero-order chi connectivity index (χ0) is 19.5. The van der Waals surface area contributed by atoms with Crippen LogP contribution in [0.1, 0.15) is 38.2 Å². The van der Waals surface area contributed by atoms with Crippen molar-refractivity contribution in [1.82, 2.24) is 19.6 Å². The zero-order valence-electron chi connectivity index (χ0n) is 16.5. The fourth-order valence-corrected chi connectivity index (χ4v) is 3.88. The standard InChI is InChI=1S/C22H26N4O2/c1-3-18-7-4-5-14-26(18)20(27)15-25-13-6-8-19(25)22-23-21(24-28-22)17-11-9-16(2)10-12-17/h6,8-13,18H,3-5,7,14-15H2,1-2H3/t18-/m1/s1. The summed E-state index contributed by atoms with van der Waals surface area (Å²) in [6.07, 6.45) is 6.30. The van der Waals surface area contributed by atoms with E-state index in [9.17, 15) is 4.79 Å². The van der Waals surface area contributed by atoms with E-state index >= 15 is 0 Å². The fraction of sp³-hybridized carbons (Fsp3) is 0.409. The number of carbonyl (C=O) groups excluding carboxylic acids is 1. The molecule has 0 bridgehead atoms. The van der Waals surface area contributed by atoms with Crippen LogP contribution in [-0.2, 0) is 11.3 Å². The highest BCUT2D eigenvalue weighted by Crippen LogP contribution is 2.24. The second-order valence-corrected chi connectivity index (χ2v) is 7.46. The van der Waals surface area contributed by atoms with Crippen LogP contribution < -0.4 is 0 Å². The van der Waals surface area contributed by atoms with Crippen molar-refractivity contribution < 1.29 is 9.32 Å². The molecule has 3 heterocycles. The lowest BCUT2D eigenvalue weighted by Gasteiger charge is -2.35. The maximum atomic E-state index is 12.9. The first-order chi connectivity index (χ1) is 13.7. The molecule has 1 aromatic carbocycles. The van der Waals surface area contributed by atoms with Crippen molar-refractivity contribution >= 4 is 5.91 Å². The molecule has 2 aromatic heterocycles. The Morgan fingerprint density at radius 1 is 1.21 bits per heavy atom. The number of likely N-dealkylation sites (tertiary alicyclic amines) is 1. The lowest BCUT2D eigenvalue weighted by atomic mass is 10.00. The van der Waals surface area contributed by atoms with Gasteiger partial charge in [-0.15, -0.1) is 0 Å². The molecule has 1 aliphatic heterocycles. The molecule has 28 heavy (non-hydrogen) atoms. The van der Waals surface area contributed by atoms with Crippen LogP contribution in [0.5, 0.6) is 0 Å². The molecule has 0 N–H and O–H groups in total. The topological polar surface area (TPSA) is 64.2 Å². The fourth-order valence-electron chi connectivity index (χ4n) is 3.88. The molecule has 4 rings (SSSR count). The number of hydrogen-bond donors (Lipinski definition) is 0. The lowest BCUT2D eigenvalue weighted by molar-refractivity contribution is -0.135. The van der Waals surface area contributed by atoms with Gasteiger partial charge in [0.1, 0.15) is 12.2 Å². The van der Waals surface area contributed by atoms with E-state index in [0.29, 0.717) is 24.3 Å². The van der Waals surface area contributed by atoms with Crippen LogP contribution in [0.25, 0.3) is 23.0 Å². The summed E-state index contributed by atoms with van der Waals surface area (Å²) in [5.74, 6) is 1.14. The largest absolute Gasteiger partial charge is 0.338 e. The average molecular weight is 378 g/mol. The van der Waals surface area contributed by atoms with Crippen LogP contribution in [0.3, 0.4) is 0 Å². The minimum Gasteiger partial charge on any atom is -0.338 e. The molecule has 1 atom stereocenters. The molecule has 0 aliphatic carbocycles. The number of carbonyl (C=O) groups is 1. The Morgan fingerprint density at radius 3 is 2.82 bits per heavy atom. The zero-order valence-corrected chi connectivity index (χ0v) is 16.5. The third kappa shape index (κ3) is 3.72. The first-order valence-corrected chi connectivity index (χ1v) is 10.0. The van der Waals surface area contributed by atoms with Gasteiger partial charge in [0.2, 0.25) is 11.7 Å². The average Bonchev–Trinajstić information content (AvgIpc) is 3.38. The van der Waals surface area contributed by atoms with Gasteiger partial charge in [-0.3, -0.25) is 4.79 Å². The number of piperidine rings is 1. The van der Waals surface area contributed by atoms with E-state index in [4.69, 9.17) is 4.52 Å². The summed E-state index contributed by atoms with van der Waals surface area (Å²) in [7, 11) is 0. The van der Waals surface area contributed by atoms with E-state index in [1.807, 2.05) is 59.0 Å². The SMILES string of the molecule is CC[C@@H]1CCCCN1C(=O)Cn1cccc1-c1nc(-c2ccc(C)cc2)no1. The number of hydrogen-bond acceptors (Lipinski definition) is 4. The van der Waals surface area contributed by atoms with Gasteiger partial charge in [0, 0.05) is 24.3 Å². The summed E-state index contributed by atoms with van der Waals surface area (Å²) in [6, 6.07) is 12.2. The van der Waals surface area contributed by atoms with E-state index in [2.05, 4.69) is 17.1 Å². The summed E-state index contributed by atoms with van der Waals surface area (Å²) in [4.78, 5) is 19.5. The second-order valence-electron chi connectivity index (χ2n) is 7.46. The van der Waals surface area contributed by atoms with Gasteiger partial charge in [0.25, 0.3) is 5.89 Å². The smallest absolute Gasteiger partial charge is 0.274 e. The molecule has 1 aliphatic rings. The van der Waals surface area contributed by atoms with Crippen LogP contribution in [0.4, 0.5) is 0 Å². The number of aromatic nitrogens is 3. The normalized spacial score (nSPS) is 17.1. The van der Waals surface area contributed by atoms with Gasteiger partial charge in [-0.2, -0.15) is 4.98 Å². The minimum absolute atomic E-state index is 0.155. The molecule has 3 aromatic rings. The number of amides is 1. The summed E-state index contributed by atoms with van der Waals surface area (Å²) < 4.78 is 7.40. The molecule has 1 fully saturated rings. The van der Waals surface area contributed by atoms with Crippen molar-refractivity contribution in [2.45, 2.75) is 52.1 Å². The highest BCUT2D eigenvalue weighted by Gasteiger charge is 2.26. The van der Waals surface area contributed by atoms with Crippen molar-refractivity contribution in [3.8, 4) is 23.0 Å². The molecule has 1 amide bonds. The Bertz CT molecular complexity index is 942. The third-order valence-electron chi connectivity index (χ3n) is 5.51. The first kappa shape index (κ1) is 18.5. The summed E-state index contributed by atoms with van der Waals surface area (Å²) in [5.41, 5.74) is 2.86. The number of nitrogens with zero attached hydrogens (tertiary/aromatic N) is 4. The molecule has 6 nitrogen and oxygen atoms in total. The highest BCUT2D eigenvalue weighted by atomic mass is 16.5. The van der Waals surface area contributed by atoms with Gasteiger partial charge in [-0.05, 0) is 44.7 Å².